The van der Waals surface area contributed by atoms with Crippen LogP contribution in [0.1, 0.15) is 19.8 Å². The quantitative estimate of drug-likeness (QED) is 0.490. The smallest absolute Gasteiger partial charge is 0.312 e. The maximum Gasteiger partial charge on any atom is 0.312 e. The van der Waals surface area contributed by atoms with Crippen molar-refractivity contribution in [1.82, 2.24) is 0 Å². The van der Waals surface area contributed by atoms with Gasteiger partial charge in [-0.15, -0.1) is 0 Å². The van der Waals surface area contributed by atoms with E-state index in [1.165, 1.54) is 0 Å². The maximum atomic E-state index is 11.5. The van der Waals surface area contributed by atoms with E-state index >= 15 is 0 Å². The summed E-state index contributed by atoms with van der Waals surface area (Å²) in [5, 5.41) is 0. The summed E-state index contributed by atoms with van der Waals surface area (Å²) in [6, 6.07) is 0. The normalized spacial score (nSPS) is 39.8. The van der Waals surface area contributed by atoms with Gasteiger partial charge in [0.15, 0.2) is 0 Å². The first-order chi connectivity index (χ1) is 6.77. The highest BCUT2D eigenvalue weighted by atomic mass is 16.5. The number of carbonyl (C=O) groups is 2. The molecule has 2 bridgehead atoms. The van der Waals surface area contributed by atoms with E-state index in [0.717, 1.165) is 19.1 Å². The fourth-order valence-electron chi connectivity index (χ4n) is 2.44. The Bertz CT molecular complexity index is 251. The van der Waals surface area contributed by atoms with Crippen molar-refractivity contribution in [2.75, 3.05) is 6.61 Å². The number of carbonyl (C=O) groups excluding carboxylic acids is 2. The van der Waals surface area contributed by atoms with E-state index in [4.69, 9.17) is 9.47 Å². The van der Waals surface area contributed by atoms with Gasteiger partial charge in [0.25, 0.3) is 0 Å². The number of fused-ring (bicyclic) bond motifs is 2. The molecule has 0 aromatic rings. The molecule has 4 nitrogen and oxygen atoms in total. The van der Waals surface area contributed by atoms with Crippen molar-refractivity contribution >= 4 is 12.3 Å². The molecule has 2 aliphatic heterocycles. The van der Waals surface area contributed by atoms with Gasteiger partial charge in [0.2, 0.25) is 0 Å². The topological polar surface area (TPSA) is 52.6 Å². The molecule has 4 heteroatoms. The zero-order valence-electron chi connectivity index (χ0n) is 8.14. The van der Waals surface area contributed by atoms with Crippen LogP contribution in [0.15, 0.2) is 0 Å². The molecule has 2 saturated heterocycles. The van der Waals surface area contributed by atoms with E-state index in [1.807, 2.05) is 0 Å². The maximum absolute atomic E-state index is 11.5. The van der Waals surface area contributed by atoms with Gasteiger partial charge in [-0.2, -0.15) is 0 Å². The first kappa shape index (κ1) is 9.65. The number of ether oxygens (including phenoxy) is 2. The molecule has 0 radical (unpaired) electrons. The summed E-state index contributed by atoms with van der Waals surface area (Å²) in [6.45, 7) is 2.13. The average molecular weight is 198 g/mol. The summed E-state index contributed by atoms with van der Waals surface area (Å²) < 4.78 is 10.5. The van der Waals surface area contributed by atoms with E-state index in [0.29, 0.717) is 6.61 Å². The zero-order valence-corrected chi connectivity index (χ0v) is 8.14. The van der Waals surface area contributed by atoms with Crippen LogP contribution in [0.25, 0.3) is 0 Å². The molecule has 0 saturated carbocycles. The van der Waals surface area contributed by atoms with Gasteiger partial charge in [0.1, 0.15) is 6.29 Å². The fourth-order valence-corrected chi connectivity index (χ4v) is 2.44. The SMILES string of the molecule is CCOC(=O)C1C2CCC(O2)C1C=O. The Labute approximate surface area is 82.6 Å². The molecule has 2 fully saturated rings. The van der Waals surface area contributed by atoms with Crippen LogP contribution in [-0.4, -0.2) is 31.1 Å². The highest BCUT2D eigenvalue weighted by Crippen LogP contribution is 2.42. The van der Waals surface area contributed by atoms with Crippen LogP contribution in [-0.2, 0) is 19.1 Å². The molecule has 2 rings (SSSR count). The minimum atomic E-state index is -0.355. The Hall–Kier alpha value is -0.900. The molecule has 2 heterocycles. The van der Waals surface area contributed by atoms with E-state index < -0.39 is 0 Å². The second kappa shape index (κ2) is 3.69. The van der Waals surface area contributed by atoms with E-state index in [1.54, 1.807) is 6.92 Å². The average Bonchev–Trinajstić information content (AvgIpc) is 2.76. The van der Waals surface area contributed by atoms with E-state index in [2.05, 4.69) is 0 Å². The Morgan fingerprint density at radius 1 is 1.50 bits per heavy atom. The molecule has 0 amide bonds. The van der Waals surface area contributed by atoms with Gasteiger partial charge in [-0.1, -0.05) is 0 Å². The monoisotopic (exact) mass is 198 g/mol. The third-order valence-electron chi connectivity index (χ3n) is 3.05. The van der Waals surface area contributed by atoms with E-state index in [-0.39, 0.29) is 30.0 Å². The van der Waals surface area contributed by atoms with Crippen LogP contribution in [0.2, 0.25) is 0 Å². The fraction of sp³-hybridized carbons (Fsp3) is 0.800. The highest BCUT2D eigenvalue weighted by molar-refractivity contribution is 5.78. The van der Waals surface area contributed by atoms with Crippen LogP contribution >= 0.6 is 0 Å². The van der Waals surface area contributed by atoms with Gasteiger partial charge >= 0.3 is 5.97 Å². The van der Waals surface area contributed by atoms with Crippen LogP contribution in [0.4, 0.5) is 0 Å². The second-order valence-electron chi connectivity index (χ2n) is 3.78. The standard InChI is InChI=1S/C10H14O4/c1-2-13-10(12)9-6(5-11)7-3-4-8(9)14-7/h5-9H,2-4H2,1H3. The van der Waals surface area contributed by atoms with Crippen molar-refractivity contribution in [2.24, 2.45) is 11.8 Å². The molecule has 0 aromatic carbocycles. The lowest BCUT2D eigenvalue weighted by atomic mass is 9.80. The predicted octanol–water partition coefficient (Wildman–Crippen LogP) is 0.542. The number of hydrogen-bond acceptors (Lipinski definition) is 4. The van der Waals surface area contributed by atoms with Crippen LogP contribution in [0.5, 0.6) is 0 Å². The Morgan fingerprint density at radius 2 is 2.21 bits per heavy atom. The van der Waals surface area contributed by atoms with Crippen molar-refractivity contribution in [3.8, 4) is 0 Å². The van der Waals surface area contributed by atoms with Gasteiger partial charge in [-0.3, -0.25) is 4.79 Å². The molecule has 0 aromatic heterocycles. The Morgan fingerprint density at radius 3 is 2.86 bits per heavy atom. The Balaban J connectivity index is 2.09. The first-order valence-electron chi connectivity index (χ1n) is 5.05. The highest BCUT2D eigenvalue weighted by Gasteiger charge is 2.52. The Kier molecular flexibility index (Phi) is 2.54. The van der Waals surface area contributed by atoms with Gasteiger partial charge in [0.05, 0.1) is 30.7 Å². The molecule has 2 aliphatic rings. The summed E-state index contributed by atoms with van der Waals surface area (Å²) in [4.78, 5) is 22.4. The molecule has 14 heavy (non-hydrogen) atoms. The lowest BCUT2D eigenvalue weighted by Gasteiger charge is -2.21. The van der Waals surface area contributed by atoms with Crippen molar-refractivity contribution in [2.45, 2.75) is 32.0 Å². The van der Waals surface area contributed by atoms with Crippen LogP contribution in [0, 0.1) is 11.8 Å². The summed E-state index contributed by atoms with van der Waals surface area (Å²) in [5.41, 5.74) is 0. The van der Waals surface area contributed by atoms with Crippen molar-refractivity contribution in [1.29, 1.82) is 0 Å². The van der Waals surface area contributed by atoms with Crippen molar-refractivity contribution in [3.63, 3.8) is 0 Å². The number of rotatable bonds is 3. The molecule has 4 atom stereocenters. The number of aldehydes is 1. The lowest BCUT2D eigenvalue weighted by Crippen LogP contribution is -2.35. The van der Waals surface area contributed by atoms with Gasteiger partial charge in [0, 0.05) is 0 Å². The molecule has 0 spiro atoms. The minimum Gasteiger partial charge on any atom is -0.466 e. The summed E-state index contributed by atoms with van der Waals surface area (Å²) in [5.74, 6) is -0.921. The molecular weight excluding hydrogens is 184 g/mol. The van der Waals surface area contributed by atoms with Gasteiger partial charge in [-0.05, 0) is 19.8 Å². The molecule has 0 N–H and O–H groups in total. The van der Waals surface area contributed by atoms with Gasteiger partial charge < -0.3 is 14.3 Å². The van der Waals surface area contributed by atoms with Gasteiger partial charge in [-0.25, -0.2) is 0 Å². The lowest BCUT2D eigenvalue weighted by molar-refractivity contribution is -0.152. The third kappa shape index (κ3) is 1.34. The summed E-state index contributed by atoms with van der Waals surface area (Å²) >= 11 is 0. The molecular formula is C10H14O4. The molecule has 4 unspecified atom stereocenters. The number of esters is 1. The first-order valence-corrected chi connectivity index (χ1v) is 5.05. The largest absolute Gasteiger partial charge is 0.466 e. The van der Waals surface area contributed by atoms with Crippen molar-refractivity contribution < 1.29 is 19.1 Å². The number of hydrogen-bond donors (Lipinski definition) is 0. The molecule has 0 aliphatic carbocycles. The van der Waals surface area contributed by atoms with Crippen molar-refractivity contribution in [3.05, 3.63) is 0 Å². The molecule has 78 valence electrons. The minimum absolute atomic E-state index is 0.0492. The zero-order chi connectivity index (χ0) is 10.1. The summed E-state index contributed by atoms with van der Waals surface area (Å²) in [7, 11) is 0. The second-order valence-corrected chi connectivity index (χ2v) is 3.78. The third-order valence-corrected chi connectivity index (χ3v) is 3.05. The van der Waals surface area contributed by atoms with Crippen LogP contribution in [0.3, 0.4) is 0 Å². The van der Waals surface area contributed by atoms with Crippen LogP contribution < -0.4 is 0 Å². The predicted molar refractivity (Wildman–Crippen MR) is 47.6 cm³/mol. The van der Waals surface area contributed by atoms with E-state index in [9.17, 15) is 9.59 Å². The summed E-state index contributed by atoms with van der Waals surface area (Å²) in [6.07, 6.45) is 2.47.